The van der Waals surface area contributed by atoms with E-state index in [1.54, 1.807) is 12.1 Å². The highest BCUT2D eigenvalue weighted by Crippen LogP contribution is 2.29. The molecule has 0 aliphatic carbocycles. The van der Waals surface area contributed by atoms with Gasteiger partial charge in [-0.1, -0.05) is 30.7 Å². The Kier molecular flexibility index (Phi) is 4.51. The lowest BCUT2D eigenvalue weighted by Crippen LogP contribution is -2.12. The van der Waals surface area contributed by atoms with Crippen molar-refractivity contribution in [2.24, 2.45) is 0 Å². The van der Waals surface area contributed by atoms with Gasteiger partial charge in [0, 0.05) is 22.7 Å². The minimum Gasteiger partial charge on any atom is -0.313 e. The van der Waals surface area contributed by atoms with Gasteiger partial charge in [0.2, 0.25) is 0 Å². The van der Waals surface area contributed by atoms with Gasteiger partial charge in [0.1, 0.15) is 11.6 Å². The van der Waals surface area contributed by atoms with Gasteiger partial charge >= 0.3 is 0 Å². The van der Waals surface area contributed by atoms with Crippen molar-refractivity contribution >= 4 is 11.6 Å². The molecule has 1 N–H and O–H groups in total. The third kappa shape index (κ3) is 3.31. The largest absolute Gasteiger partial charge is 0.313 e. The van der Waals surface area contributed by atoms with Crippen LogP contribution in [0.25, 0.3) is 11.1 Å². The summed E-state index contributed by atoms with van der Waals surface area (Å²) in [6, 6.07) is 8.87. The highest BCUT2D eigenvalue weighted by molar-refractivity contribution is 6.33. The Morgan fingerprint density at radius 1 is 1.11 bits per heavy atom. The molecule has 0 heterocycles. The molecule has 0 aliphatic rings. The highest BCUT2D eigenvalue weighted by atomic mass is 35.5. The van der Waals surface area contributed by atoms with E-state index >= 15 is 0 Å². The standard InChI is InChI=1S/C15H14ClF2N/c1-2-19-9-11-4-3-10(7-15(11)18)13-8-12(17)5-6-14(13)16/h3-8,19H,2,9H2,1H3. The molecule has 2 aromatic rings. The molecule has 0 saturated heterocycles. The van der Waals surface area contributed by atoms with E-state index in [0.717, 1.165) is 6.54 Å². The van der Waals surface area contributed by atoms with E-state index in [1.807, 2.05) is 6.92 Å². The molecule has 0 aliphatic heterocycles. The second-order valence-corrected chi connectivity index (χ2v) is 4.62. The Balaban J connectivity index is 2.36. The lowest BCUT2D eigenvalue weighted by Gasteiger charge is -2.08. The van der Waals surface area contributed by atoms with Gasteiger partial charge in [0.15, 0.2) is 0 Å². The van der Waals surface area contributed by atoms with Crippen molar-refractivity contribution < 1.29 is 8.78 Å². The van der Waals surface area contributed by atoms with Gasteiger partial charge in [-0.15, -0.1) is 0 Å². The second-order valence-electron chi connectivity index (χ2n) is 4.21. The van der Waals surface area contributed by atoms with E-state index in [1.165, 1.54) is 24.3 Å². The van der Waals surface area contributed by atoms with Crippen molar-refractivity contribution in [3.05, 3.63) is 58.6 Å². The Bertz CT molecular complexity index is 584. The fraction of sp³-hybridized carbons (Fsp3) is 0.200. The zero-order valence-electron chi connectivity index (χ0n) is 10.5. The van der Waals surface area contributed by atoms with Crippen LogP contribution in [-0.4, -0.2) is 6.54 Å². The monoisotopic (exact) mass is 281 g/mol. The van der Waals surface area contributed by atoms with Gasteiger partial charge in [0.05, 0.1) is 0 Å². The summed E-state index contributed by atoms with van der Waals surface area (Å²) >= 11 is 6.01. The quantitative estimate of drug-likeness (QED) is 0.876. The Labute approximate surface area is 116 Å². The van der Waals surface area contributed by atoms with Crippen LogP contribution in [0.1, 0.15) is 12.5 Å². The Morgan fingerprint density at radius 2 is 1.89 bits per heavy atom. The van der Waals surface area contributed by atoms with Crippen LogP contribution in [0.5, 0.6) is 0 Å². The summed E-state index contributed by atoms with van der Waals surface area (Å²) in [5, 5.41) is 3.46. The number of hydrogen-bond acceptors (Lipinski definition) is 1. The Hall–Kier alpha value is -1.45. The molecule has 100 valence electrons. The average molecular weight is 282 g/mol. The maximum absolute atomic E-state index is 13.9. The molecule has 2 rings (SSSR count). The first-order chi connectivity index (χ1) is 9.11. The van der Waals surface area contributed by atoms with Crippen LogP contribution in [0.15, 0.2) is 36.4 Å². The molecule has 0 unspecified atom stereocenters. The fourth-order valence-corrected chi connectivity index (χ4v) is 2.06. The molecule has 1 nitrogen and oxygen atoms in total. The SMILES string of the molecule is CCNCc1ccc(-c2cc(F)ccc2Cl)cc1F. The minimum atomic E-state index is -0.392. The smallest absolute Gasteiger partial charge is 0.128 e. The number of halogens is 3. The molecule has 0 atom stereocenters. The first-order valence-corrected chi connectivity index (χ1v) is 6.44. The van der Waals surface area contributed by atoms with E-state index in [0.29, 0.717) is 28.3 Å². The van der Waals surface area contributed by atoms with E-state index in [9.17, 15) is 8.78 Å². The van der Waals surface area contributed by atoms with Gasteiger partial charge in [-0.2, -0.15) is 0 Å². The molecule has 0 fully saturated rings. The van der Waals surface area contributed by atoms with Gasteiger partial charge in [-0.3, -0.25) is 0 Å². The van der Waals surface area contributed by atoms with Crippen LogP contribution in [0.3, 0.4) is 0 Å². The van der Waals surface area contributed by atoms with E-state index in [4.69, 9.17) is 11.6 Å². The molecule has 0 amide bonds. The van der Waals surface area contributed by atoms with Crippen LogP contribution in [0.2, 0.25) is 5.02 Å². The van der Waals surface area contributed by atoms with Crippen molar-refractivity contribution in [3.63, 3.8) is 0 Å². The van der Waals surface area contributed by atoms with Gasteiger partial charge in [-0.05, 0) is 36.4 Å². The fourth-order valence-electron chi connectivity index (χ4n) is 1.84. The zero-order chi connectivity index (χ0) is 13.8. The summed E-state index contributed by atoms with van der Waals surface area (Å²) in [4.78, 5) is 0. The molecule has 2 aromatic carbocycles. The van der Waals surface area contributed by atoms with Gasteiger partial charge in [-0.25, -0.2) is 8.78 Å². The molecule has 0 radical (unpaired) electrons. The first kappa shape index (κ1) is 14.0. The molecule has 0 aromatic heterocycles. The molecular formula is C15H14ClF2N. The van der Waals surface area contributed by atoms with Gasteiger partial charge in [0.25, 0.3) is 0 Å². The van der Waals surface area contributed by atoms with Crippen molar-refractivity contribution in [1.29, 1.82) is 0 Å². The third-order valence-electron chi connectivity index (χ3n) is 2.86. The molecule has 0 spiro atoms. The Morgan fingerprint density at radius 3 is 2.58 bits per heavy atom. The average Bonchev–Trinajstić information content (AvgIpc) is 2.40. The predicted octanol–water partition coefficient (Wildman–Crippen LogP) is 4.39. The van der Waals surface area contributed by atoms with Crippen LogP contribution >= 0.6 is 11.6 Å². The van der Waals surface area contributed by atoms with Crippen LogP contribution in [0, 0.1) is 11.6 Å². The molecule has 0 bridgehead atoms. The van der Waals surface area contributed by atoms with Crippen molar-refractivity contribution in [2.45, 2.75) is 13.5 Å². The summed E-state index contributed by atoms with van der Waals surface area (Å²) in [6.07, 6.45) is 0. The predicted molar refractivity (Wildman–Crippen MR) is 74.2 cm³/mol. The number of hydrogen-bond donors (Lipinski definition) is 1. The van der Waals surface area contributed by atoms with E-state index in [2.05, 4.69) is 5.32 Å². The van der Waals surface area contributed by atoms with Crippen molar-refractivity contribution in [1.82, 2.24) is 5.32 Å². The van der Waals surface area contributed by atoms with E-state index in [-0.39, 0.29) is 5.82 Å². The molecule has 4 heteroatoms. The van der Waals surface area contributed by atoms with Crippen molar-refractivity contribution in [2.75, 3.05) is 6.54 Å². The normalized spacial score (nSPS) is 10.7. The number of rotatable bonds is 4. The summed E-state index contributed by atoms with van der Waals surface area (Å²) in [6.45, 7) is 3.20. The maximum atomic E-state index is 13.9. The third-order valence-corrected chi connectivity index (χ3v) is 3.19. The molecule has 19 heavy (non-hydrogen) atoms. The first-order valence-electron chi connectivity index (χ1n) is 6.06. The zero-order valence-corrected chi connectivity index (χ0v) is 11.3. The van der Waals surface area contributed by atoms with Crippen molar-refractivity contribution in [3.8, 4) is 11.1 Å². The summed E-state index contributed by atoms with van der Waals surface area (Å²) in [5.41, 5.74) is 1.65. The van der Waals surface area contributed by atoms with Crippen LogP contribution in [-0.2, 0) is 6.54 Å². The second kappa shape index (κ2) is 6.13. The molecular weight excluding hydrogens is 268 g/mol. The van der Waals surface area contributed by atoms with Crippen LogP contribution in [0.4, 0.5) is 8.78 Å². The summed E-state index contributed by atoms with van der Waals surface area (Å²) in [7, 11) is 0. The van der Waals surface area contributed by atoms with E-state index < -0.39 is 5.82 Å². The number of benzene rings is 2. The molecule has 0 saturated carbocycles. The summed E-state index contributed by atoms with van der Waals surface area (Å²) in [5.74, 6) is -0.713. The van der Waals surface area contributed by atoms with Crippen LogP contribution < -0.4 is 5.32 Å². The number of nitrogens with one attached hydrogen (secondary N) is 1. The summed E-state index contributed by atoms with van der Waals surface area (Å²) < 4.78 is 27.1. The lowest BCUT2D eigenvalue weighted by molar-refractivity contribution is 0.594. The minimum absolute atomic E-state index is 0.321. The maximum Gasteiger partial charge on any atom is 0.128 e. The highest BCUT2D eigenvalue weighted by Gasteiger charge is 2.08. The van der Waals surface area contributed by atoms with Gasteiger partial charge < -0.3 is 5.32 Å². The topological polar surface area (TPSA) is 12.0 Å². The lowest BCUT2D eigenvalue weighted by atomic mass is 10.0.